The van der Waals surface area contributed by atoms with Gasteiger partial charge in [-0.2, -0.15) is 4.31 Å². The molecule has 0 spiro atoms. The van der Waals surface area contributed by atoms with Crippen LogP contribution in [0.4, 0.5) is 4.39 Å². The van der Waals surface area contributed by atoms with Gasteiger partial charge in [0.2, 0.25) is 10.0 Å². The molecular weight excluding hydrogens is 324 g/mol. The van der Waals surface area contributed by atoms with Crippen LogP contribution in [0.25, 0.3) is 0 Å². The molecule has 1 aromatic carbocycles. The molecule has 0 aliphatic carbocycles. The zero-order valence-corrected chi connectivity index (χ0v) is 13.6. The molecule has 1 aromatic rings. The number of benzene rings is 1. The van der Waals surface area contributed by atoms with E-state index in [0.717, 1.165) is 12.5 Å². The third kappa shape index (κ3) is 2.82. The van der Waals surface area contributed by atoms with E-state index in [1.807, 2.05) is 13.8 Å². The van der Waals surface area contributed by atoms with E-state index in [1.165, 1.54) is 10.4 Å². The van der Waals surface area contributed by atoms with Crippen molar-refractivity contribution in [2.45, 2.75) is 37.1 Å². The van der Waals surface area contributed by atoms with Crippen LogP contribution in [0.15, 0.2) is 17.0 Å². The molecule has 1 heterocycles. The molecule has 2 rings (SSSR count). The Hall–Kier alpha value is -0.360. The fourth-order valence-electron chi connectivity index (χ4n) is 2.60. The lowest BCUT2D eigenvalue weighted by Gasteiger charge is -2.21. The fourth-order valence-corrected chi connectivity index (χ4v) is 4.88. The van der Waals surface area contributed by atoms with Crippen molar-refractivity contribution in [2.75, 3.05) is 6.54 Å². The molecule has 0 radical (unpaired) electrons. The van der Waals surface area contributed by atoms with Gasteiger partial charge in [0.15, 0.2) is 0 Å². The number of sulfonamides is 1. The molecule has 1 aliphatic rings. The second-order valence-corrected chi connectivity index (χ2v) is 7.81. The van der Waals surface area contributed by atoms with Crippen molar-refractivity contribution in [1.82, 2.24) is 4.31 Å². The zero-order valence-electron chi connectivity index (χ0n) is 11.2. The highest BCUT2D eigenvalue weighted by Gasteiger charge is 2.36. The molecule has 0 bridgehead atoms. The Balaban J connectivity index is 2.47. The number of hydrogen-bond donors (Lipinski definition) is 0. The third-order valence-electron chi connectivity index (χ3n) is 3.55. The van der Waals surface area contributed by atoms with E-state index in [-0.39, 0.29) is 27.4 Å². The van der Waals surface area contributed by atoms with Crippen LogP contribution in [-0.4, -0.2) is 25.3 Å². The van der Waals surface area contributed by atoms with Crippen LogP contribution in [0.5, 0.6) is 0 Å². The van der Waals surface area contributed by atoms with Crippen LogP contribution in [0.3, 0.4) is 0 Å². The maximum Gasteiger partial charge on any atom is 0.243 e. The molecule has 0 aromatic heterocycles. The molecule has 2 atom stereocenters. The van der Waals surface area contributed by atoms with Gasteiger partial charge in [0.25, 0.3) is 0 Å². The summed E-state index contributed by atoms with van der Waals surface area (Å²) in [6, 6.07) is 2.22. The van der Waals surface area contributed by atoms with Gasteiger partial charge in [-0.05, 0) is 37.0 Å². The second-order valence-electron chi connectivity index (χ2n) is 5.28. The highest BCUT2D eigenvalue weighted by molar-refractivity contribution is 7.89. The fraction of sp³-hybridized carbons (Fsp3) is 0.538. The predicted octanol–water partition coefficient (Wildman–Crippen LogP) is 3.64. The minimum absolute atomic E-state index is 0.0366. The first kappa shape index (κ1) is 16.0. The lowest BCUT2D eigenvalue weighted by atomic mass is 10.1. The van der Waals surface area contributed by atoms with Crippen molar-refractivity contribution in [2.24, 2.45) is 5.92 Å². The van der Waals surface area contributed by atoms with Gasteiger partial charge in [0.05, 0.1) is 9.92 Å². The van der Waals surface area contributed by atoms with Crippen LogP contribution in [0.1, 0.15) is 25.8 Å². The predicted molar refractivity (Wildman–Crippen MR) is 78.1 cm³/mol. The Morgan fingerprint density at radius 2 is 2.05 bits per heavy atom. The van der Waals surface area contributed by atoms with E-state index in [9.17, 15) is 12.8 Å². The van der Waals surface area contributed by atoms with Gasteiger partial charge in [-0.3, -0.25) is 0 Å². The standard InChI is InChI=1S/C13H16Cl2FNO2S/c1-8-3-9(2)17(7-8)20(18,19)11-4-10(6-14)13(15)12(16)5-11/h4-5,8-9H,3,6-7H2,1-2H3. The molecule has 0 saturated carbocycles. The summed E-state index contributed by atoms with van der Waals surface area (Å²) < 4.78 is 40.3. The van der Waals surface area contributed by atoms with Gasteiger partial charge in [-0.15, -0.1) is 11.6 Å². The average Bonchev–Trinajstić information content (AvgIpc) is 2.72. The third-order valence-corrected chi connectivity index (χ3v) is 6.22. The molecule has 20 heavy (non-hydrogen) atoms. The maximum absolute atomic E-state index is 13.7. The van der Waals surface area contributed by atoms with Crippen LogP contribution in [-0.2, 0) is 15.9 Å². The van der Waals surface area contributed by atoms with E-state index in [2.05, 4.69) is 0 Å². The van der Waals surface area contributed by atoms with E-state index >= 15 is 0 Å². The van der Waals surface area contributed by atoms with Crippen molar-refractivity contribution in [3.63, 3.8) is 0 Å². The molecule has 0 amide bonds. The number of rotatable bonds is 3. The van der Waals surface area contributed by atoms with Crippen LogP contribution in [0, 0.1) is 11.7 Å². The molecule has 1 fully saturated rings. The molecule has 0 N–H and O–H groups in total. The van der Waals surface area contributed by atoms with E-state index < -0.39 is 15.8 Å². The smallest absolute Gasteiger partial charge is 0.207 e. The number of hydrogen-bond acceptors (Lipinski definition) is 2. The summed E-state index contributed by atoms with van der Waals surface area (Å²) in [5.74, 6) is -0.502. The molecule has 1 saturated heterocycles. The molecule has 2 unspecified atom stereocenters. The normalized spacial score (nSPS) is 24.2. The van der Waals surface area contributed by atoms with Crippen molar-refractivity contribution in [3.05, 3.63) is 28.5 Å². The second kappa shape index (κ2) is 5.79. The summed E-state index contributed by atoms with van der Waals surface area (Å²) in [6.45, 7) is 4.30. The molecule has 3 nitrogen and oxygen atoms in total. The lowest BCUT2D eigenvalue weighted by Crippen LogP contribution is -2.34. The van der Waals surface area contributed by atoms with Gasteiger partial charge < -0.3 is 0 Å². The average molecular weight is 340 g/mol. The lowest BCUT2D eigenvalue weighted by molar-refractivity contribution is 0.405. The Bertz CT molecular complexity index is 621. The SMILES string of the molecule is CC1CC(C)N(S(=O)(=O)c2cc(F)c(Cl)c(CCl)c2)C1. The first-order valence-electron chi connectivity index (χ1n) is 6.33. The summed E-state index contributed by atoms with van der Waals surface area (Å²) >= 11 is 11.4. The van der Waals surface area contributed by atoms with E-state index in [0.29, 0.717) is 12.5 Å². The van der Waals surface area contributed by atoms with Crippen LogP contribution >= 0.6 is 23.2 Å². The topological polar surface area (TPSA) is 37.4 Å². The van der Waals surface area contributed by atoms with Crippen LogP contribution in [0.2, 0.25) is 5.02 Å². The Kier molecular flexibility index (Phi) is 4.64. The number of alkyl halides is 1. The first-order chi connectivity index (χ1) is 9.27. The van der Waals surface area contributed by atoms with Gasteiger partial charge >= 0.3 is 0 Å². The van der Waals surface area contributed by atoms with Gasteiger partial charge in [-0.1, -0.05) is 18.5 Å². The van der Waals surface area contributed by atoms with Gasteiger partial charge in [-0.25, -0.2) is 12.8 Å². The largest absolute Gasteiger partial charge is 0.243 e. The zero-order chi connectivity index (χ0) is 15.1. The maximum atomic E-state index is 13.7. The number of nitrogens with zero attached hydrogens (tertiary/aromatic N) is 1. The highest BCUT2D eigenvalue weighted by Crippen LogP contribution is 2.32. The number of halogens is 3. The highest BCUT2D eigenvalue weighted by atomic mass is 35.5. The molecule has 1 aliphatic heterocycles. The van der Waals surface area contributed by atoms with Crippen molar-refractivity contribution < 1.29 is 12.8 Å². The van der Waals surface area contributed by atoms with Crippen molar-refractivity contribution in [3.8, 4) is 0 Å². The van der Waals surface area contributed by atoms with E-state index in [1.54, 1.807) is 0 Å². The van der Waals surface area contributed by atoms with Gasteiger partial charge in [0, 0.05) is 18.5 Å². The van der Waals surface area contributed by atoms with Crippen LogP contribution < -0.4 is 0 Å². The monoisotopic (exact) mass is 339 g/mol. The Morgan fingerprint density at radius 3 is 2.55 bits per heavy atom. The Labute approximate surface area is 128 Å². The molecule has 112 valence electrons. The summed E-state index contributed by atoms with van der Waals surface area (Å²) in [4.78, 5) is -0.0870. The quantitative estimate of drug-likeness (QED) is 0.788. The van der Waals surface area contributed by atoms with Gasteiger partial charge in [0.1, 0.15) is 5.82 Å². The first-order valence-corrected chi connectivity index (χ1v) is 8.68. The summed E-state index contributed by atoms with van der Waals surface area (Å²) in [5.41, 5.74) is 0.284. The summed E-state index contributed by atoms with van der Waals surface area (Å²) in [7, 11) is -3.72. The summed E-state index contributed by atoms with van der Waals surface area (Å²) in [6.07, 6.45) is 0.803. The Morgan fingerprint density at radius 1 is 1.40 bits per heavy atom. The summed E-state index contributed by atoms with van der Waals surface area (Å²) in [5, 5.41) is -0.123. The van der Waals surface area contributed by atoms with Crippen molar-refractivity contribution in [1.29, 1.82) is 0 Å². The molecule has 7 heteroatoms. The van der Waals surface area contributed by atoms with Crippen molar-refractivity contribution >= 4 is 33.2 Å². The minimum Gasteiger partial charge on any atom is -0.207 e. The van der Waals surface area contributed by atoms with E-state index in [4.69, 9.17) is 23.2 Å². The minimum atomic E-state index is -3.72. The molecular formula is C13H16Cl2FNO2S.